The summed E-state index contributed by atoms with van der Waals surface area (Å²) in [7, 11) is -1.95. The van der Waals surface area contributed by atoms with E-state index in [0.29, 0.717) is 6.61 Å². The molecule has 0 saturated carbocycles. The summed E-state index contributed by atoms with van der Waals surface area (Å²) in [4.78, 5) is 0.148. The molecule has 0 atom stereocenters. The number of nitrogens with two attached hydrogens (primary N) is 1. The Morgan fingerprint density at radius 1 is 1.33 bits per heavy atom. The van der Waals surface area contributed by atoms with Gasteiger partial charge in [-0.2, -0.15) is 0 Å². The van der Waals surface area contributed by atoms with E-state index < -0.39 is 10.0 Å². The van der Waals surface area contributed by atoms with Crippen LogP contribution in [0.1, 0.15) is 0 Å². The number of aliphatic hydroxyl groups is 1. The van der Waals surface area contributed by atoms with Gasteiger partial charge in [0.05, 0.1) is 18.1 Å². The fourth-order valence-electron chi connectivity index (χ4n) is 0.701. The van der Waals surface area contributed by atoms with E-state index in [1.807, 2.05) is 0 Å². The van der Waals surface area contributed by atoms with Gasteiger partial charge in [0.15, 0.2) is 0 Å². The molecule has 0 amide bonds. The summed E-state index contributed by atoms with van der Waals surface area (Å²) in [6.45, 7) is 0.566. The molecule has 0 aliphatic rings. The molecule has 0 aliphatic heterocycles. The van der Waals surface area contributed by atoms with Crippen LogP contribution in [0.15, 0.2) is 35.2 Å². The average Bonchev–Trinajstić information content (AvgIpc) is 2.20. The van der Waals surface area contributed by atoms with Crippen LogP contribution < -0.4 is 5.14 Å². The minimum Gasteiger partial charge on any atom is -0.394 e. The van der Waals surface area contributed by atoms with Crippen molar-refractivity contribution in [2.45, 2.75) is 4.90 Å². The first-order chi connectivity index (χ1) is 7.02. The third-order valence-electron chi connectivity index (χ3n) is 1.37. The van der Waals surface area contributed by atoms with Gasteiger partial charge in [0.2, 0.25) is 10.0 Å². The van der Waals surface area contributed by atoms with Gasteiger partial charge in [0, 0.05) is 7.11 Å². The highest BCUT2D eigenvalue weighted by Gasteiger charge is 2.03. The fourth-order valence-corrected chi connectivity index (χ4v) is 1.24. The van der Waals surface area contributed by atoms with Crippen molar-refractivity contribution in [1.82, 2.24) is 0 Å². The highest BCUT2D eigenvalue weighted by molar-refractivity contribution is 7.89. The summed E-state index contributed by atoms with van der Waals surface area (Å²) in [5.41, 5.74) is 0. The quantitative estimate of drug-likeness (QED) is 0.766. The molecule has 0 spiro atoms. The van der Waals surface area contributed by atoms with E-state index in [0.717, 1.165) is 0 Å². The first-order valence-corrected chi connectivity index (χ1v) is 5.74. The lowest BCUT2D eigenvalue weighted by Crippen LogP contribution is -2.11. The van der Waals surface area contributed by atoms with Crippen molar-refractivity contribution in [3.8, 4) is 0 Å². The van der Waals surface area contributed by atoms with Crippen LogP contribution in [-0.2, 0) is 14.8 Å². The molecule has 0 aliphatic carbocycles. The standard InChI is InChI=1S/C6H7NO2S.C3H8O2/c7-10(8,9)6-4-2-1-3-5-6;1-5-3-2-4/h1-5H,(H2,7,8,9);4H,2-3H2,1H3. The number of aliphatic hydroxyl groups excluding tert-OH is 1. The van der Waals surface area contributed by atoms with Gasteiger partial charge in [-0.15, -0.1) is 0 Å². The SMILES string of the molecule is COCCO.NS(=O)(=O)c1ccccc1. The minimum absolute atomic E-state index is 0.122. The Labute approximate surface area is 89.5 Å². The monoisotopic (exact) mass is 233 g/mol. The van der Waals surface area contributed by atoms with Crippen molar-refractivity contribution < 1.29 is 18.3 Å². The van der Waals surface area contributed by atoms with E-state index in [1.165, 1.54) is 12.1 Å². The van der Waals surface area contributed by atoms with Gasteiger partial charge in [0.25, 0.3) is 0 Å². The molecule has 0 bridgehead atoms. The summed E-state index contributed by atoms with van der Waals surface area (Å²) in [5.74, 6) is 0. The summed E-state index contributed by atoms with van der Waals surface area (Å²) in [6.07, 6.45) is 0. The van der Waals surface area contributed by atoms with Gasteiger partial charge in [0.1, 0.15) is 0 Å². The Bertz CT molecular complexity index is 348. The lowest BCUT2D eigenvalue weighted by atomic mass is 10.4. The van der Waals surface area contributed by atoms with Crippen molar-refractivity contribution in [3.63, 3.8) is 0 Å². The molecule has 1 rings (SSSR count). The van der Waals surface area contributed by atoms with Gasteiger partial charge >= 0.3 is 0 Å². The Hall–Kier alpha value is -0.950. The second-order valence-electron chi connectivity index (χ2n) is 2.57. The number of benzene rings is 1. The molecule has 0 heterocycles. The smallest absolute Gasteiger partial charge is 0.238 e. The molecule has 3 N–H and O–H groups in total. The summed E-state index contributed by atoms with van der Waals surface area (Å²) >= 11 is 0. The number of ether oxygens (including phenoxy) is 1. The van der Waals surface area contributed by atoms with Crippen LogP contribution in [0.5, 0.6) is 0 Å². The number of rotatable bonds is 3. The summed E-state index contributed by atoms with van der Waals surface area (Å²) in [6, 6.07) is 7.89. The van der Waals surface area contributed by atoms with E-state index in [9.17, 15) is 8.42 Å². The second kappa shape index (κ2) is 7.36. The molecule has 0 radical (unpaired) electrons. The highest BCUT2D eigenvalue weighted by Crippen LogP contribution is 2.02. The number of methoxy groups -OCH3 is 1. The number of hydrogen-bond donors (Lipinski definition) is 2. The molecule has 86 valence electrons. The maximum absolute atomic E-state index is 10.6. The van der Waals surface area contributed by atoms with Crippen molar-refractivity contribution in [3.05, 3.63) is 30.3 Å². The van der Waals surface area contributed by atoms with Crippen molar-refractivity contribution in [1.29, 1.82) is 0 Å². The third kappa shape index (κ3) is 7.03. The fraction of sp³-hybridized carbons (Fsp3) is 0.333. The molecular weight excluding hydrogens is 218 g/mol. The van der Waals surface area contributed by atoms with Crippen molar-refractivity contribution >= 4 is 10.0 Å². The van der Waals surface area contributed by atoms with Crippen LogP contribution >= 0.6 is 0 Å². The van der Waals surface area contributed by atoms with Crippen LogP contribution in [0.3, 0.4) is 0 Å². The van der Waals surface area contributed by atoms with Crippen LogP contribution in [-0.4, -0.2) is 33.8 Å². The highest BCUT2D eigenvalue weighted by atomic mass is 32.2. The van der Waals surface area contributed by atoms with E-state index in [2.05, 4.69) is 4.74 Å². The largest absolute Gasteiger partial charge is 0.394 e. The van der Waals surface area contributed by atoms with Crippen LogP contribution in [0.25, 0.3) is 0 Å². The van der Waals surface area contributed by atoms with E-state index >= 15 is 0 Å². The van der Waals surface area contributed by atoms with Gasteiger partial charge in [-0.05, 0) is 12.1 Å². The number of sulfonamides is 1. The maximum atomic E-state index is 10.6. The van der Waals surface area contributed by atoms with Crippen LogP contribution in [0.2, 0.25) is 0 Å². The van der Waals surface area contributed by atoms with Gasteiger partial charge in [-0.3, -0.25) is 0 Å². The predicted molar refractivity (Wildman–Crippen MR) is 56.8 cm³/mol. The van der Waals surface area contributed by atoms with E-state index in [4.69, 9.17) is 10.2 Å². The van der Waals surface area contributed by atoms with Gasteiger partial charge in [-0.25, -0.2) is 13.6 Å². The van der Waals surface area contributed by atoms with E-state index in [1.54, 1.807) is 25.3 Å². The van der Waals surface area contributed by atoms with E-state index in [-0.39, 0.29) is 11.5 Å². The first-order valence-electron chi connectivity index (χ1n) is 4.20. The minimum atomic E-state index is -3.50. The molecule has 1 aromatic rings. The predicted octanol–water partition coefficient (Wildman–Crippen LogP) is -0.0409. The number of hydrogen-bond acceptors (Lipinski definition) is 4. The normalized spacial score (nSPS) is 10.3. The molecule has 15 heavy (non-hydrogen) atoms. The molecule has 6 heteroatoms. The lowest BCUT2D eigenvalue weighted by Gasteiger charge is -1.93. The van der Waals surface area contributed by atoms with Crippen molar-refractivity contribution in [2.24, 2.45) is 5.14 Å². The molecule has 0 saturated heterocycles. The zero-order valence-electron chi connectivity index (χ0n) is 8.46. The molecule has 0 fully saturated rings. The molecule has 0 aromatic heterocycles. The Morgan fingerprint density at radius 3 is 2.07 bits per heavy atom. The second-order valence-corrected chi connectivity index (χ2v) is 4.14. The topological polar surface area (TPSA) is 89.6 Å². The summed E-state index contributed by atoms with van der Waals surface area (Å²) in [5, 5.41) is 12.8. The zero-order valence-corrected chi connectivity index (χ0v) is 9.28. The average molecular weight is 233 g/mol. The summed E-state index contributed by atoms with van der Waals surface area (Å²) < 4.78 is 25.7. The molecule has 0 unspecified atom stereocenters. The Morgan fingerprint density at radius 2 is 1.87 bits per heavy atom. The van der Waals surface area contributed by atoms with Crippen molar-refractivity contribution in [2.75, 3.05) is 20.3 Å². The Balaban J connectivity index is 0.000000336. The third-order valence-corrected chi connectivity index (χ3v) is 2.30. The Kier molecular flexibility index (Phi) is 6.89. The van der Waals surface area contributed by atoms with Crippen LogP contribution in [0, 0.1) is 0 Å². The maximum Gasteiger partial charge on any atom is 0.238 e. The molecule has 1 aromatic carbocycles. The lowest BCUT2D eigenvalue weighted by molar-refractivity contribution is 0.135. The van der Waals surface area contributed by atoms with Gasteiger partial charge in [-0.1, -0.05) is 18.2 Å². The van der Waals surface area contributed by atoms with Gasteiger partial charge < -0.3 is 9.84 Å². The first kappa shape index (κ1) is 14.1. The molecular formula is C9H15NO4S. The molecule has 5 nitrogen and oxygen atoms in total. The van der Waals surface area contributed by atoms with Crippen LogP contribution in [0.4, 0.5) is 0 Å². The zero-order chi connectivity index (χ0) is 11.7. The number of primary sulfonamides is 1.